The number of aromatic nitrogens is 1. The number of benzene rings is 1. The molecule has 0 bridgehead atoms. The minimum absolute atomic E-state index is 0.0656. The van der Waals surface area contributed by atoms with E-state index in [9.17, 15) is 8.42 Å². The van der Waals surface area contributed by atoms with Crippen molar-refractivity contribution in [2.45, 2.75) is 11.8 Å². The van der Waals surface area contributed by atoms with Crippen molar-refractivity contribution in [3.63, 3.8) is 0 Å². The van der Waals surface area contributed by atoms with Crippen LogP contribution in [0, 0.1) is 6.92 Å². The number of rotatable bonds is 3. The van der Waals surface area contributed by atoms with Crippen molar-refractivity contribution in [1.29, 1.82) is 0 Å². The van der Waals surface area contributed by atoms with E-state index >= 15 is 0 Å². The predicted octanol–water partition coefficient (Wildman–Crippen LogP) is 1.64. The highest BCUT2D eigenvalue weighted by Gasteiger charge is 2.20. The van der Waals surface area contributed by atoms with Crippen LogP contribution in [0.25, 0.3) is 11.1 Å². The molecule has 7 heteroatoms. The van der Waals surface area contributed by atoms with E-state index < -0.39 is 9.84 Å². The zero-order valence-electron chi connectivity index (χ0n) is 10.8. The van der Waals surface area contributed by atoms with E-state index in [1.807, 2.05) is 0 Å². The van der Waals surface area contributed by atoms with Crippen molar-refractivity contribution in [3.05, 3.63) is 23.9 Å². The van der Waals surface area contributed by atoms with Crippen molar-refractivity contribution in [3.8, 4) is 16.9 Å². The summed E-state index contributed by atoms with van der Waals surface area (Å²) < 4.78 is 33.7. The zero-order chi connectivity index (χ0) is 14.2. The molecule has 19 heavy (non-hydrogen) atoms. The van der Waals surface area contributed by atoms with Crippen LogP contribution in [0.5, 0.6) is 5.75 Å². The maximum absolute atomic E-state index is 11.9. The molecule has 1 heterocycles. The molecule has 2 rings (SSSR count). The summed E-state index contributed by atoms with van der Waals surface area (Å²) >= 11 is 0. The van der Waals surface area contributed by atoms with Gasteiger partial charge in [-0.25, -0.2) is 8.42 Å². The first-order chi connectivity index (χ1) is 8.84. The number of hydrogen-bond acceptors (Lipinski definition) is 6. The first kappa shape index (κ1) is 13.4. The summed E-state index contributed by atoms with van der Waals surface area (Å²) in [7, 11) is -1.89. The molecule has 2 aromatic rings. The molecule has 0 fully saturated rings. The third-order valence-corrected chi connectivity index (χ3v) is 3.92. The van der Waals surface area contributed by atoms with E-state index in [1.54, 1.807) is 19.1 Å². The summed E-state index contributed by atoms with van der Waals surface area (Å²) in [5.74, 6) is 0.638. The van der Waals surface area contributed by atoms with Crippen molar-refractivity contribution in [2.75, 3.05) is 19.1 Å². The van der Waals surface area contributed by atoms with Crippen molar-refractivity contribution in [2.24, 2.45) is 0 Å². The summed E-state index contributed by atoms with van der Waals surface area (Å²) in [6.07, 6.45) is 2.52. The molecule has 2 N–H and O–H groups in total. The van der Waals surface area contributed by atoms with Crippen molar-refractivity contribution >= 4 is 15.7 Å². The van der Waals surface area contributed by atoms with E-state index in [0.717, 1.165) is 11.8 Å². The van der Waals surface area contributed by atoms with Crippen LogP contribution in [0.1, 0.15) is 5.56 Å². The molecular formula is C12H14N2O4S. The molecule has 0 saturated carbocycles. The average Bonchev–Trinajstić information content (AvgIpc) is 2.74. The second kappa shape index (κ2) is 4.58. The molecular weight excluding hydrogens is 268 g/mol. The zero-order valence-corrected chi connectivity index (χ0v) is 11.6. The smallest absolute Gasteiger partial charge is 0.229 e. The van der Waals surface area contributed by atoms with Crippen molar-refractivity contribution < 1.29 is 17.7 Å². The topological polar surface area (TPSA) is 95.4 Å². The Morgan fingerprint density at radius 1 is 1.32 bits per heavy atom. The quantitative estimate of drug-likeness (QED) is 0.919. The number of aryl methyl sites for hydroxylation is 1. The molecule has 0 aliphatic rings. The van der Waals surface area contributed by atoms with Gasteiger partial charge in [0.05, 0.1) is 23.8 Å². The highest BCUT2D eigenvalue weighted by Crippen LogP contribution is 2.36. The number of nitrogens with two attached hydrogens (primary N) is 1. The van der Waals surface area contributed by atoms with E-state index in [2.05, 4.69) is 5.16 Å². The highest BCUT2D eigenvalue weighted by molar-refractivity contribution is 7.90. The molecule has 0 saturated heterocycles. The Balaban J connectivity index is 2.81. The summed E-state index contributed by atoms with van der Waals surface area (Å²) in [4.78, 5) is 0.167. The van der Waals surface area contributed by atoms with E-state index in [4.69, 9.17) is 15.0 Å². The van der Waals surface area contributed by atoms with Gasteiger partial charge in [-0.15, -0.1) is 0 Å². The van der Waals surface area contributed by atoms with E-state index in [1.165, 1.54) is 13.3 Å². The molecule has 0 aliphatic heterocycles. The number of sulfone groups is 1. The molecule has 6 nitrogen and oxygen atoms in total. The number of nitrogens with zero attached hydrogens (tertiary/aromatic N) is 1. The van der Waals surface area contributed by atoms with Gasteiger partial charge in [-0.2, -0.15) is 0 Å². The second-order valence-electron chi connectivity index (χ2n) is 4.19. The van der Waals surface area contributed by atoms with Gasteiger partial charge >= 0.3 is 0 Å². The van der Waals surface area contributed by atoms with Gasteiger partial charge in [0.25, 0.3) is 0 Å². The molecule has 0 unspecified atom stereocenters. The molecule has 1 aromatic carbocycles. The number of methoxy groups -OCH3 is 1. The summed E-state index contributed by atoms with van der Waals surface area (Å²) in [6, 6.07) is 3.17. The maximum Gasteiger partial charge on any atom is 0.229 e. The summed E-state index contributed by atoms with van der Waals surface area (Å²) in [5, 5.41) is 3.56. The number of anilines is 1. The summed E-state index contributed by atoms with van der Waals surface area (Å²) in [5.41, 5.74) is 7.22. The Morgan fingerprint density at radius 3 is 2.47 bits per heavy atom. The lowest BCUT2D eigenvalue weighted by atomic mass is 10.1. The van der Waals surface area contributed by atoms with Crippen LogP contribution in [0.4, 0.5) is 5.88 Å². The predicted molar refractivity (Wildman–Crippen MR) is 70.8 cm³/mol. The number of nitrogen functional groups attached to an aromatic ring is 1. The van der Waals surface area contributed by atoms with Crippen LogP contribution in [0.3, 0.4) is 0 Å². The standard InChI is InChI=1S/C12H14N2O4S/c1-7-4-11(19(3,15)16)8(5-10(7)17-2)9-6-14-18-12(9)13/h4-6H,13H2,1-3H3. The van der Waals surface area contributed by atoms with Gasteiger partial charge < -0.3 is 15.0 Å². The van der Waals surface area contributed by atoms with Crippen molar-refractivity contribution in [1.82, 2.24) is 5.16 Å². The average molecular weight is 282 g/mol. The highest BCUT2D eigenvalue weighted by atomic mass is 32.2. The lowest BCUT2D eigenvalue weighted by Gasteiger charge is -2.11. The second-order valence-corrected chi connectivity index (χ2v) is 6.18. The largest absolute Gasteiger partial charge is 0.496 e. The third kappa shape index (κ3) is 2.41. The first-order valence-corrected chi connectivity index (χ1v) is 7.33. The minimum atomic E-state index is -3.40. The van der Waals surface area contributed by atoms with Crippen LogP contribution in [0.15, 0.2) is 27.7 Å². The van der Waals surface area contributed by atoms with E-state index in [-0.39, 0.29) is 10.8 Å². The molecule has 102 valence electrons. The molecule has 0 amide bonds. The molecule has 0 radical (unpaired) electrons. The fourth-order valence-corrected chi connectivity index (χ4v) is 2.81. The lowest BCUT2D eigenvalue weighted by Crippen LogP contribution is -2.02. The molecule has 0 atom stereocenters. The van der Waals surface area contributed by atoms with Gasteiger partial charge in [-0.05, 0) is 24.6 Å². The van der Waals surface area contributed by atoms with Gasteiger partial charge in [-0.1, -0.05) is 5.16 Å². The first-order valence-electron chi connectivity index (χ1n) is 5.44. The van der Waals surface area contributed by atoms with Gasteiger partial charge in [0.2, 0.25) is 5.88 Å². The Kier molecular flexibility index (Phi) is 3.23. The number of hydrogen-bond donors (Lipinski definition) is 1. The summed E-state index contributed by atoms with van der Waals surface area (Å²) in [6.45, 7) is 1.77. The Morgan fingerprint density at radius 2 is 2.00 bits per heavy atom. The van der Waals surface area contributed by atoms with Crippen LogP contribution < -0.4 is 10.5 Å². The number of ether oxygens (including phenoxy) is 1. The monoisotopic (exact) mass is 282 g/mol. The Bertz CT molecular complexity index is 719. The normalized spacial score (nSPS) is 11.5. The minimum Gasteiger partial charge on any atom is -0.496 e. The third-order valence-electron chi connectivity index (χ3n) is 2.79. The van der Waals surface area contributed by atoms with Gasteiger partial charge in [-0.3, -0.25) is 0 Å². The fourth-order valence-electron chi connectivity index (χ4n) is 1.85. The fraction of sp³-hybridized carbons (Fsp3) is 0.250. The van der Waals surface area contributed by atoms with E-state index in [0.29, 0.717) is 16.9 Å². The Labute approximate surface area is 111 Å². The molecule has 1 aromatic heterocycles. The molecule has 0 aliphatic carbocycles. The van der Waals surface area contributed by atoms with Gasteiger partial charge in [0, 0.05) is 11.8 Å². The van der Waals surface area contributed by atoms with Gasteiger partial charge in [0.1, 0.15) is 5.75 Å². The van der Waals surface area contributed by atoms with Crippen LogP contribution in [-0.4, -0.2) is 26.9 Å². The lowest BCUT2D eigenvalue weighted by molar-refractivity contribution is 0.411. The van der Waals surface area contributed by atoms with Crippen LogP contribution in [-0.2, 0) is 9.84 Å². The van der Waals surface area contributed by atoms with Crippen LogP contribution >= 0.6 is 0 Å². The maximum atomic E-state index is 11.9. The van der Waals surface area contributed by atoms with Crippen LogP contribution in [0.2, 0.25) is 0 Å². The van der Waals surface area contributed by atoms with Gasteiger partial charge in [0.15, 0.2) is 9.84 Å². The Hall–Kier alpha value is -2.02. The molecule has 0 spiro atoms. The SMILES string of the molecule is COc1cc(-c2cnoc2N)c(S(C)(=O)=O)cc1C.